The van der Waals surface area contributed by atoms with E-state index in [0.717, 1.165) is 25.2 Å². The molecule has 1 atom stereocenters. The van der Waals surface area contributed by atoms with Crippen LogP contribution in [0.1, 0.15) is 12.5 Å². The number of amides is 1. The van der Waals surface area contributed by atoms with Crippen molar-refractivity contribution in [1.82, 2.24) is 10.2 Å². The van der Waals surface area contributed by atoms with Crippen molar-refractivity contribution in [3.8, 4) is 0 Å². The van der Waals surface area contributed by atoms with E-state index in [9.17, 15) is 4.79 Å². The molecule has 4 nitrogen and oxygen atoms in total. The molecule has 1 aliphatic rings. The molecule has 2 N–H and O–H groups in total. The number of anilines is 1. The number of hydrogen-bond donors (Lipinski definition) is 2. The molecule has 1 fully saturated rings. The summed E-state index contributed by atoms with van der Waals surface area (Å²) in [5.41, 5.74) is 1.39. The zero-order valence-corrected chi connectivity index (χ0v) is 13.2. The lowest BCUT2D eigenvalue weighted by Crippen LogP contribution is -2.52. The predicted molar refractivity (Wildman–Crippen MR) is 83.7 cm³/mol. The third-order valence-electron chi connectivity index (χ3n) is 3.53. The molecule has 110 valence electrons. The second-order valence-corrected chi connectivity index (χ2v) is 5.91. The first-order chi connectivity index (χ1) is 9.49. The predicted octanol–water partition coefficient (Wildman–Crippen LogP) is 2.53. The highest BCUT2D eigenvalue weighted by atomic mass is 35.5. The van der Waals surface area contributed by atoms with E-state index < -0.39 is 0 Å². The van der Waals surface area contributed by atoms with Crippen molar-refractivity contribution in [2.24, 2.45) is 0 Å². The van der Waals surface area contributed by atoms with Gasteiger partial charge >= 0.3 is 0 Å². The number of carbonyl (C=O) groups excluding carboxylic acids is 1. The summed E-state index contributed by atoms with van der Waals surface area (Å²) in [6.45, 7) is 7.01. The number of halogens is 2. The maximum atomic E-state index is 12.2. The Morgan fingerprint density at radius 2 is 2.25 bits per heavy atom. The fourth-order valence-electron chi connectivity index (χ4n) is 2.25. The smallest absolute Gasteiger partial charge is 0.238 e. The SMILES string of the molecule is Cc1ccc(Cl)c(NC(=O)CN2CCNC[C@H]2C)c1Cl. The molecule has 1 amide bonds. The maximum Gasteiger partial charge on any atom is 0.238 e. The summed E-state index contributed by atoms with van der Waals surface area (Å²) >= 11 is 12.3. The summed E-state index contributed by atoms with van der Waals surface area (Å²) in [6.07, 6.45) is 0. The standard InChI is InChI=1S/C14H19Cl2N3O/c1-9-3-4-11(15)14(13(9)16)18-12(20)8-19-6-5-17-7-10(19)2/h3-4,10,17H,5-8H2,1-2H3,(H,18,20)/t10-/m1/s1. The summed E-state index contributed by atoms with van der Waals surface area (Å²) in [6, 6.07) is 3.92. The topological polar surface area (TPSA) is 44.4 Å². The third kappa shape index (κ3) is 3.64. The largest absolute Gasteiger partial charge is 0.322 e. The second kappa shape index (κ2) is 6.76. The third-order valence-corrected chi connectivity index (χ3v) is 4.34. The van der Waals surface area contributed by atoms with Gasteiger partial charge in [-0.05, 0) is 25.5 Å². The minimum Gasteiger partial charge on any atom is -0.322 e. The second-order valence-electron chi connectivity index (χ2n) is 5.13. The molecule has 6 heteroatoms. The molecule has 20 heavy (non-hydrogen) atoms. The quantitative estimate of drug-likeness (QED) is 0.901. The monoisotopic (exact) mass is 315 g/mol. The van der Waals surface area contributed by atoms with Crippen LogP contribution in [-0.4, -0.2) is 43.0 Å². The van der Waals surface area contributed by atoms with Crippen molar-refractivity contribution in [1.29, 1.82) is 0 Å². The lowest BCUT2D eigenvalue weighted by molar-refractivity contribution is -0.118. The Morgan fingerprint density at radius 1 is 1.50 bits per heavy atom. The van der Waals surface area contributed by atoms with Gasteiger partial charge in [-0.2, -0.15) is 0 Å². The van der Waals surface area contributed by atoms with Crippen LogP contribution in [0.25, 0.3) is 0 Å². The Morgan fingerprint density at radius 3 is 2.95 bits per heavy atom. The molecule has 0 unspecified atom stereocenters. The van der Waals surface area contributed by atoms with Gasteiger partial charge in [0.1, 0.15) is 0 Å². The number of carbonyl (C=O) groups is 1. The number of rotatable bonds is 3. The minimum absolute atomic E-state index is 0.0897. The van der Waals surface area contributed by atoms with E-state index >= 15 is 0 Å². The van der Waals surface area contributed by atoms with Gasteiger partial charge in [0.15, 0.2) is 0 Å². The summed E-state index contributed by atoms with van der Waals surface area (Å²) in [5.74, 6) is -0.0897. The van der Waals surface area contributed by atoms with Gasteiger partial charge < -0.3 is 10.6 Å². The molecule has 0 saturated carbocycles. The molecule has 0 aromatic heterocycles. The van der Waals surface area contributed by atoms with Crippen molar-refractivity contribution in [3.05, 3.63) is 27.7 Å². The van der Waals surface area contributed by atoms with E-state index in [1.54, 1.807) is 6.07 Å². The number of aryl methyl sites for hydroxylation is 1. The van der Waals surface area contributed by atoms with Crippen LogP contribution < -0.4 is 10.6 Å². The number of hydrogen-bond acceptors (Lipinski definition) is 3. The Labute approximate surface area is 129 Å². The summed E-state index contributed by atoms with van der Waals surface area (Å²) in [4.78, 5) is 14.3. The molecule has 1 aliphatic heterocycles. The number of piperazine rings is 1. The average molecular weight is 316 g/mol. The Hall–Kier alpha value is -0.810. The van der Waals surface area contributed by atoms with Crippen LogP contribution in [0.2, 0.25) is 10.0 Å². The molecule has 0 spiro atoms. The number of nitrogens with one attached hydrogen (secondary N) is 2. The van der Waals surface area contributed by atoms with Crippen molar-refractivity contribution in [2.75, 3.05) is 31.5 Å². The molecular formula is C14H19Cl2N3O. The van der Waals surface area contributed by atoms with Crippen molar-refractivity contribution >= 4 is 34.8 Å². The minimum atomic E-state index is -0.0897. The van der Waals surface area contributed by atoms with Crippen molar-refractivity contribution in [2.45, 2.75) is 19.9 Å². The highest BCUT2D eigenvalue weighted by molar-refractivity contribution is 6.40. The lowest BCUT2D eigenvalue weighted by Gasteiger charge is -2.33. The highest BCUT2D eigenvalue weighted by Crippen LogP contribution is 2.32. The first kappa shape index (κ1) is 15.6. The van der Waals surface area contributed by atoms with E-state index in [2.05, 4.69) is 22.5 Å². The molecular weight excluding hydrogens is 297 g/mol. The zero-order valence-electron chi connectivity index (χ0n) is 11.7. The summed E-state index contributed by atoms with van der Waals surface area (Å²) < 4.78 is 0. The molecule has 0 bridgehead atoms. The fourth-order valence-corrected chi connectivity index (χ4v) is 2.72. The van der Waals surface area contributed by atoms with Crippen molar-refractivity contribution < 1.29 is 4.79 Å². The van der Waals surface area contributed by atoms with Gasteiger partial charge in [-0.1, -0.05) is 29.3 Å². The van der Waals surface area contributed by atoms with E-state index in [1.807, 2.05) is 13.0 Å². The van der Waals surface area contributed by atoms with Gasteiger partial charge in [-0.3, -0.25) is 9.69 Å². The van der Waals surface area contributed by atoms with E-state index in [0.29, 0.717) is 28.3 Å². The van der Waals surface area contributed by atoms with Crippen LogP contribution in [-0.2, 0) is 4.79 Å². The highest BCUT2D eigenvalue weighted by Gasteiger charge is 2.21. The van der Waals surface area contributed by atoms with E-state index in [1.165, 1.54) is 0 Å². The van der Waals surface area contributed by atoms with Gasteiger partial charge in [-0.25, -0.2) is 0 Å². The van der Waals surface area contributed by atoms with Crippen LogP contribution in [0.4, 0.5) is 5.69 Å². The molecule has 0 radical (unpaired) electrons. The molecule has 1 heterocycles. The lowest BCUT2D eigenvalue weighted by atomic mass is 10.2. The van der Waals surface area contributed by atoms with Crippen LogP contribution >= 0.6 is 23.2 Å². The van der Waals surface area contributed by atoms with E-state index in [4.69, 9.17) is 23.2 Å². The fraction of sp³-hybridized carbons (Fsp3) is 0.500. The van der Waals surface area contributed by atoms with Gasteiger partial charge in [0.05, 0.1) is 22.3 Å². The van der Waals surface area contributed by atoms with Crippen molar-refractivity contribution in [3.63, 3.8) is 0 Å². The first-order valence-electron chi connectivity index (χ1n) is 6.68. The maximum absolute atomic E-state index is 12.2. The average Bonchev–Trinajstić information content (AvgIpc) is 2.42. The Bertz CT molecular complexity index is 507. The van der Waals surface area contributed by atoms with E-state index in [-0.39, 0.29) is 5.91 Å². The zero-order chi connectivity index (χ0) is 14.7. The Kier molecular flexibility index (Phi) is 5.27. The molecule has 0 aliphatic carbocycles. The molecule has 1 aromatic rings. The van der Waals surface area contributed by atoms with Crippen LogP contribution in [0, 0.1) is 6.92 Å². The Balaban J connectivity index is 2.03. The van der Waals surface area contributed by atoms with Gasteiger partial charge in [0.2, 0.25) is 5.91 Å². The van der Waals surface area contributed by atoms with Gasteiger partial charge in [0, 0.05) is 25.7 Å². The summed E-state index contributed by atoms with van der Waals surface area (Å²) in [5, 5.41) is 7.08. The van der Waals surface area contributed by atoms with Crippen LogP contribution in [0.15, 0.2) is 12.1 Å². The van der Waals surface area contributed by atoms with Gasteiger partial charge in [0.25, 0.3) is 0 Å². The van der Waals surface area contributed by atoms with Gasteiger partial charge in [-0.15, -0.1) is 0 Å². The molecule has 1 aromatic carbocycles. The molecule has 2 rings (SSSR count). The normalized spacial score (nSPS) is 19.9. The van der Waals surface area contributed by atoms with Crippen LogP contribution in [0.5, 0.6) is 0 Å². The number of nitrogens with zero attached hydrogens (tertiary/aromatic N) is 1. The molecule has 1 saturated heterocycles. The summed E-state index contributed by atoms with van der Waals surface area (Å²) in [7, 11) is 0. The van der Waals surface area contributed by atoms with Crippen LogP contribution in [0.3, 0.4) is 0 Å². The first-order valence-corrected chi connectivity index (χ1v) is 7.44. The number of benzene rings is 1.